The molecule has 2 heteroatoms. The zero-order valence-corrected chi connectivity index (χ0v) is 9.98. The highest BCUT2D eigenvalue weighted by Gasteiger charge is 2.16. The Labute approximate surface area is 98.2 Å². The molecule has 1 aromatic carbocycles. The molecule has 2 nitrogen and oxygen atoms in total. The van der Waals surface area contributed by atoms with E-state index in [2.05, 4.69) is 17.9 Å². The summed E-state index contributed by atoms with van der Waals surface area (Å²) in [6.45, 7) is 4.47. The minimum absolute atomic E-state index is 0.181. The van der Waals surface area contributed by atoms with E-state index in [1.165, 1.54) is 38.8 Å². The van der Waals surface area contributed by atoms with Crippen LogP contribution in [0.5, 0.6) is 5.75 Å². The third-order valence-electron chi connectivity index (χ3n) is 3.15. The van der Waals surface area contributed by atoms with Crippen LogP contribution < -0.4 is 4.74 Å². The third kappa shape index (κ3) is 3.24. The topological polar surface area (TPSA) is 12.5 Å². The lowest BCUT2D eigenvalue weighted by Crippen LogP contribution is -2.37. The van der Waals surface area contributed by atoms with Crippen LogP contribution in [0, 0.1) is 6.07 Å². The summed E-state index contributed by atoms with van der Waals surface area (Å²) in [6, 6.07) is 10.7. The lowest BCUT2D eigenvalue weighted by molar-refractivity contribution is 0.0424. The predicted octanol–water partition coefficient (Wildman–Crippen LogP) is 3.09. The molecule has 2 rings (SSSR count). The molecule has 0 saturated carbocycles. The first-order valence-electron chi connectivity index (χ1n) is 6.23. The van der Waals surface area contributed by atoms with Gasteiger partial charge in [-0.3, -0.25) is 4.90 Å². The van der Waals surface area contributed by atoms with Crippen molar-refractivity contribution in [3.05, 3.63) is 30.3 Å². The van der Waals surface area contributed by atoms with Crippen LogP contribution in [0.15, 0.2) is 24.3 Å². The van der Waals surface area contributed by atoms with Crippen molar-refractivity contribution in [2.24, 2.45) is 0 Å². The van der Waals surface area contributed by atoms with Gasteiger partial charge in [0, 0.05) is 13.1 Å². The molecular weight excluding hydrogens is 198 g/mol. The molecule has 87 valence electrons. The van der Waals surface area contributed by atoms with Crippen LogP contribution in [0.1, 0.15) is 32.6 Å². The number of hydrogen-bond acceptors (Lipinski definition) is 2. The fourth-order valence-corrected chi connectivity index (χ4v) is 2.18. The molecule has 1 aliphatic rings. The van der Waals surface area contributed by atoms with Gasteiger partial charge in [-0.05, 0) is 38.0 Å². The van der Waals surface area contributed by atoms with E-state index in [-0.39, 0.29) is 6.23 Å². The Morgan fingerprint density at radius 2 is 1.75 bits per heavy atom. The molecule has 0 aliphatic carbocycles. The Bertz CT molecular complexity index is 291. The number of likely N-dealkylation sites (tertiary alicyclic amines) is 1. The van der Waals surface area contributed by atoms with E-state index >= 15 is 0 Å². The van der Waals surface area contributed by atoms with Crippen molar-refractivity contribution < 1.29 is 4.74 Å². The summed E-state index contributed by atoms with van der Waals surface area (Å²) < 4.78 is 5.92. The minimum Gasteiger partial charge on any atom is -0.475 e. The van der Waals surface area contributed by atoms with Crippen molar-refractivity contribution in [2.45, 2.75) is 38.8 Å². The molecule has 16 heavy (non-hydrogen) atoms. The minimum atomic E-state index is 0.181. The first-order valence-corrected chi connectivity index (χ1v) is 6.23. The molecular formula is C14H20NO. The average molecular weight is 218 g/mol. The number of nitrogens with zero attached hydrogens (tertiary/aromatic N) is 1. The maximum absolute atomic E-state index is 5.92. The van der Waals surface area contributed by atoms with Gasteiger partial charge in [0.2, 0.25) is 0 Å². The number of ether oxygens (including phenoxy) is 1. The molecule has 1 atom stereocenters. The molecule has 1 saturated heterocycles. The molecule has 0 spiro atoms. The Balaban J connectivity index is 1.89. The van der Waals surface area contributed by atoms with Gasteiger partial charge in [-0.15, -0.1) is 0 Å². The molecule has 1 aromatic rings. The second-order valence-electron chi connectivity index (χ2n) is 4.40. The first-order chi connectivity index (χ1) is 7.86. The number of rotatable bonds is 3. The van der Waals surface area contributed by atoms with Crippen LogP contribution in [-0.2, 0) is 0 Å². The standard InChI is InChI=1S/C14H20NO/c1-13(15-11-7-2-3-8-12-15)16-14-9-5-4-6-10-14/h5-6,9-10,13H,2-3,7-8,11-12H2,1H3. The lowest BCUT2D eigenvalue weighted by Gasteiger charge is -2.27. The summed E-state index contributed by atoms with van der Waals surface area (Å²) in [4.78, 5) is 2.43. The highest BCUT2D eigenvalue weighted by molar-refractivity contribution is 5.20. The summed E-state index contributed by atoms with van der Waals surface area (Å²) >= 11 is 0. The van der Waals surface area contributed by atoms with E-state index in [0.29, 0.717) is 0 Å². The number of hydrogen-bond donors (Lipinski definition) is 0. The summed E-state index contributed by atoms with van der Waals surface area (Å²) in [6.07, 6.45) is 5.51. The molecule has 1 heterocycles. The van der Waals surface area contributed by atoms with Crippen LogP contribution in [-0.4, -0.2) is 24.2 Å². The van der Waals surface area contributed by atoms with Crippen LogP contribution >= 0.6 is 0 Å². The maximum Gasteiger partial charge on any atom is 0.149 e. The smallest absolute Gasteiger partial charge is 0.149 e. The van der Waals surface area contributed by atoms with Gasteiger partial charge in [-0.1, -0.05) is 25.0 Å². The van der Waals surface area contributed by atoms with Crippen LogP contribution in [0.25, 0.3) is 0 Å². The van der Waals surface area contributed by atoms with Crippen molar-refractivity contribution in [2.75, 3.05) is 13.1 Å². The lowest BCUT2D eigenvalue weighted by atomic mass is 10.2. The zero-order chi connectivity index (χ0) is 11.2. The van der Waals surface area contributed by atoms with Gasteiger partial charge in [0.25, 0.3) is 0 Å². The predicted molar refractivity (Wildman–Crippen MR) is 65.4 cm³/mol. The summed E-state index contributed by atoms with van der Waals surface area (Å²) in [5.41, 5.74) is 0. The van der Waals surface area contributed by atoms with E-state index in [1.54, 1.807) is 0 Å². The highest BCUT2D eigenvalue weighted by atomic mass is 16.5. The summed E-state index contributed by atoms with van der Waals surface area (Å²) in [5.74, 6) is 0.940. The molecule has 0 bridgehead atoms. The van der Waals surface area contributed by atoms with Gasteiger partial charge in [-0.2, -0.15) is 0 Å². The van der Waals surface area contributed by atoms with Crippen LogP contribution in [0.2, 0.25) is 0 Å². The van der Waals surface area contributed by atoms with E-state index in [0.717, 1.165) is 5.75 Å². The van der Waals surface area contributed by atoms with Gasteiger partial charge >= 0.3 is 0 Å². The SMILES string of the molecule is CC(Oc1cc[c]cc1)N1CCCCCC1. The van der Waals surface area contributed by atoms with E-state index in [4.69, 9.17) is 4.74 Å². The monoisotopic (exact) mass is 218 g/mol. The van der Waals surface area contributed by atoms with E-state index < -0.39 is 0 Å². The van der Waals surface area contributed by atoms with Crippen molar-refractivity contribution >= 4 is 0 Å². The van der Waals surface area contributed by atoms with Gasteiger partial charge in [-0.25, -0.2) is 0 Å². The maximum atomic E-state index is 5.92. The summed E-state index contributed by atoms with van der Waals surface area (Å²) in [7, 11) is 0. The molecule has 1 radical (unpaired) electrons. The Hall–Kier alpha value is -1.02. The second kappa shape index (κ2) is 5.90. The molecule has 0 amide bonds. The van der Waals surface area contributed by atoms with Crippen molar-refractivity contribution in [3.8, 4) is 5.75 Å². The largest absolute Gasteiger partial charge is 0.475 e. The quantitative estimate of drug-likeness (QED) is 0.773. The highest BCUT2D eigenvalue weighted by Crippen LogP contribution is 2.16. The van der Waals surface area contributed by atoms with Crippen LogP contribution in [0.4, 0.5) is 0 Å². The van der Waals surface area contributed by atoms with Gasteiger partial charge in [0.05, 0.1) is 0 Å². The zero-order valence-electron chi connectivity index (χ0n) is 9.98. The fraction of sp³-hybridized carbons (Fsp3) is 0.571. The van der Waals surface area contributed by atoms with Crippen molar-refractivity contribution in [3.63, 3.8) is 0 Å². The molecule has 1 unspecified atom stereocenters. The average Bonchev–Trinajstić information content (AvgIpc) is 2.59. The Morgan fingerprint density at radius 1 is 1.12 bits per heavy atom. The Kier molecular flexibility index (Phi) is 4.23. The van der Waals surface area contributed by atoms with Gasteiger partial charge < -0.3 is 4.74 Å². The second-order valence-corrected chi connectivity index (χ2v) is 4.40. The van der Waals surface area contributed by atoms with Gasteiger partial charge in [0.15, 0.2) is 0 Å². The molecule has 1 fully saturated rings. The molecule has 1 aliphatic heterocycles. The first kappa shape index (κ1) is 11.5. The normalized spacial score (nSPS) is 20.1. The van der Waals surface area contributed by atoms with Crippen molar-refractivity contribution in [1.29, 1.82) is 0 Å². The fourth-order valence-electron chi connectivity index (χ4n) is 2.18. The van der Waals surface area contributed by atoms with Crippen molar-refractivity contribution in [1.82, 2.24) is 4.90 Å². The number of benzene rings is 1. The third-order valence-corrected chi connectivity index (χ3v) is 3.15. The van der Waals surface area contributed by atoms with Gasteiger partial charge in [0.1, 0.15) is 12.0 Å². The van der Waals surface area contributed by atoms with Crippen LogP contribution in [0.3, 0.4) is 0 Å². The van der Waals surface area contributed by atoms with E-state index in [9.17, 15) is 0 Å². The Morgan fingerprint density at radius 3 is 2.38 bits per heavy atom. The summed E-state index contributed by atoms with van der Waals surface area (Å²) in [5, 5.41) is 0. The van der Waals surface area contributed by atoms with E-state index in [1.807, 2.05) is 24.3 Å². The molecule has 0 N–H and O–H groups in total. The molecule has 0 aromatic heterocycles.